The van der Waals surface area contributed by atoms with Crippen LogP contribution in [-0.2, 0) is 14.3 Å². The van der Waals surface area contributed by atoms with Crippen molar-refractivity contribution in [2.75, 3.05) is 13.7 Å². The van der Waals surface area contributed by atoms with Crippen molar-refractivity contribution in [1.29, 1.82) is 0 Å². The van der Waals surface area contributed by atoms with Crippen molar-refractivity contribution >= 4 is 17.4 Å². The molecule has 1 amide bonds. The minimum absolute atomic E-state index is 0.216. The molecule has 1 aliphatic rings. The van der Waals surface area contributed by atoms with E-state index in [2.05, 4.69) is 10.3 Å². The monoisotopic (exact) mass is 290 g/mol. The highest BCUT2D eigenvalue weighted by atomic mass is 16.5. The van der Waals surface area contributed by atoms with Crippen LogP contribution in [0.2, 0.25) is 0 Å². The molecule has 0 bridgehead atoms. The van der Waals surface area contributed by atoms with Gasteiger partial charge in [0.25, 0.3) is 5.91 Å². The van der Waals surface area contributed by atoms with Gasteiger partial charge in [0, 0.05) is 13.5 Å². The molecule has 6 heteroatoms. The molecule has 2 rings (SSSR count). The predicted molar refractivity (Wildman–Crippen MR) is 77.4 cm³/mol. The number of methoxy groups -OCH3 is 1. The van der Waals surface area contributed by atoms with Crippen molar-refractivity contribution < 1.29 is 19.1 Å². The van der Waals surface area contributed by atoms with Gasteiger partial charge in [0.05, 0.1) is 7.11 Å². The molecular weight excluding hydrogens is 272 g/mol. The average molecular weight is 290 g/mol. The molecule has 1 aromatic carbocycles. The van der Waals surface area contributed by atoms with Gasteiger partial charge >= 0.3 is 0 Å². The van der Waals surface area contributed by atoms with Crippen molar-refractivity contribution in [3.8, 4) is 5.75 Å². The van der Waals surface area contributed by atoms with Gasteiger partial charge in [0.15, 0.2) is 18.1 Å². The largest absolute Gasteiger partial charge is 0.497 e. The van der Waals surface area contributed by atoms with Gasteiger partial charge in [-0.1, -0.05) is 12.1 Å². The molecule has 0 fully saturated rings. The lowest BCUT2D eigenvalue weighted by Crippen LogP contribution is -2.50. The maximum Gasteiger partial charge on any atom is 0.251 e. The number of benzene rings is 1. The molecule has 0 aliphatic carbocycles. The number of hydrogen-bond acceptors (Lipinski definition) is 5. The van der Waals surface area contributed by atoms with Crippen molar-refractivity contribution in [2.45, 2.75) is 26.1 Å². The SMILES string of the molecule is CCOC1NC(=O)C(c2ccc(OC)cc2)N=C1C(C)=O. The Kier molecular flexibility index (Phi) is 4.70. The molecule has 2 unspecified atom stereocenters. The minimum Gasteiger partial charge on any atom is -0.497 e. The quantitative estimate of drug-likeness (QED) is 0.885. The maximum atomic E-state index is 12.2. The highest BCUT2D eigenvalue weighted by Gasteiger charge is 2.33. The summed E-state index contributed by atoms with van der Waals surface area (Å²) in [6, 6.07) is 6.27. The number of carbonyl (C=O) groups is 2. The van der Waals surface area contributed by atoms with Gasteiger partial charge in [-0.25, -0.2) is 0 Å². The number of hydrogen-bond donors (Lipinski definition) is 1. The molecule has 0 saturated carbocycles. The summed E-state index contributed by atoms with van der Waals surface area (Å²) in [4.78, 5) is 28.1. The van der Waals surface area contributed by atoms with Crippen LogP contribution in [0.3, 0.4) is 0 Å². The summed E-state index contributed by atoms with van der Waals surface area (Å²) < 4.78 is 10.4. The minimum atomic E-state index is -0.769. The van der Waals surface area contributed by atoms with Crippen molar-refractivity contribution in [3.63, 3.8) is 0 Å². The molecule has 1 heterocycles. The third kappa shape index (κ3) is 3.28. The predicted octanol–water partition coefficient (Wildman–Crippen LogP) is 1.26. The van der Waals surface area contributed by atoms with E-state index in [1.54, 1.807) is 38.3 Å². The first-order valence-corrected chi connectivity index (χ1v) is 6.71. The fourth-order valence-corrected chi connectivity index (χ4v) is 2.12. The van der Waals surface area contributed by atoms with Crippen LogP contribution in [0.4, 0.5) is 0 Å². The first kappa shape index (κ1) is 15.2. The molecule has 21 heavy (non-hydrogen) atoms. The van der Waals surface area contributed by atoms with Gasteiger partial charge in [-0.2, -0.15) is 0 Å². The lowest BCUT2D eigenvalue weighted by Gasteiger charge is -2.27. The van der Waals surface area contributed by atoms with Gasteiger partial charge in [-0.15, -0.1) is 0 Å². The van der Waals surface area contributed by atoms with Crippen molar-refractivity contribution in [2.24, 2.45) is 4.99 Å². The molecule has 0 saturated heterocycles. The average Bonchev–Trinajstić information content (AvgIpc) is 2.47. The summed E-state index contributed by atoms with van der Waals surface area (Å²) in [5.74, 6) is 0.188. The molecule has 0 aromatic heterocycles. The summed E-state index contributed by atoms with van der Waals surface area (Å²) in [6.45, 7) is 3.58. The number of ether oxygens (including phenoxy) is 2. The summed E-state index contributed by atoms with van der Waals surface area (Å²) in [7, 11) is 1.57. The number of nitrogens with one attached hydrogen (secondary N) is 1. The van der Waals surface area contributed by atoms with Crippen molar-refractivity contribution in [3.05, 3.63) is 29.8 Å². The summed E-state index contributed by atoms with van der Waals surface area (Å²) >= 11 is 0. The van der Waals surface area contributed by atoms with E-state index < -0.39 is 12.3 Å². The Morgan fingerprint density at radius 1 is 1.33 bits per heavy atom. The van der Waals surface area contributed by atoms with Crippen LogP contribution in [0.1, 0.15) is 25.5 Å². The number of rotatable bonds is 5. The van der Waals surface area contributed by atoms with E-state index in [9.17, 15) is 9.59 Å². The molecule has 6 nitrogen and oxygen atoms in total. The topological polar surface area (TPSA) is 77.0 Å². The zero-order chi connectivity index (χ0) is 15.4. The van der Waals surface area contributed by atoms with Gasteiger partial charge in [0.1, 0.15) is 11.5 Å². The highest BCUT2D eigenvalue weighted by molar-refractivity contribution is 6.41. The van der Waals surface area contributed by atoms with E-state index in [4.69, 9.17) is 9.47 Å². The first-order valence-electron chi connectivity index (χ1n) is 6.71. The third-order valence-electron chi connectivity index (χ3n) is 3.16. The van der Waals surface area contributed by atoms with Crippen LogP contribution in [-0.4, -0.2) is 37.3 Å². The molecule has 1 aromatic rings. The molecular formula is C15H18N2O4. The standard InChI is InChI=1S/C15H18N2O4/c1-4-21-15-12(9(2)18)16-13(14(19)17-15)10-5-7-11(20-3)8-6-10/h5-8,13,15H,4H2,1-3H3,(H,17,19). The lowest BCUT2D eigenvalue weighted by atomic mass is 10.0. The molecule has 2 atom stereocenters. The Bertz CT molecular complexity index is 566. The lowest BCUT2D eigenvalue weighted by molar-refractivity contribution is -0.126. The molecule has 1 N–H and O–H groups in total. The van der Waals surface area contributed by atoms with Gasteiger partial charge in [-0.05, 0) is 24.6 Å². The number of carbonyl (C=O) groups excluding carboxylic acids is 2. The van der Waals surface area contributed by atoms with Gasteiger partial charge < -0.3 is 14.8 Å². The van der Waals surface area contributed by atoms with E-state index in [0.717, 1.165) is 0 Å². The number of aliphatic imine (C=N–C) groups is 1. The second-order valence-corrected chi connectivity index (χ2v) is 4.59. The van der Waals surface area contributed by atoms with Gasteiger partial charge in [0.2, 0.25) is 0 Å². The Morgan fingerprint density at radius 2 is 2.00 bits per heavy atom. The fraction of sp³-hybridized carbons (Fsp3) is 0.400. The summed E-state index contributed by atoms with van der Waals surface area (Å²) in [5, 5.41) is 2.68. The zero-order valence-electron chi connectivity index (χ0n) is 12.3. The van der Waals surface area contributed by atoms with E-state index in [0.29, 0.717) is 17.9 Å². The Morgan fingerprint density at radius 3 is 2.52 bits per heavy atom. The highest BCUT2D eigenvalue weighted by Crippen LogP contribution is 2.24. The van der Waals surface area contributed by atoms with E-state index in [1.807, 2.05) is 0 Å². The second kappa shape index (κ2) is 6.49. The first-order chi connectivity index (χ1) is 10.1. The normalized spacial score (nSPS) is 21.5. The molecule has 0 radical (unpaired) electrons. The van der Waals surface area contributed by atoms with Crippen LogP contribution in [0.5, 0.6) is 5.75 Å². The summed E-state index contributed by atoms with van der Waals surface area (Å²) in [6.07, 6.45) is -0.769. The number of nitrogens with zero attached hydrogens (tertiary/aromatic N) is 1. The second-order valence-electron chi connectivity index (χ2n) is 4.59. The smallest absolute Gasteiger partial charge is 0.251 e. The van der Waals surface area contributed by atoms with Crippen LogP contribution in [0.15, 0.2) is 29.3 Å². The Labute approximate surface area is 123 Å². The number of ketones is 1. The van der Waals surface area contributed by atoms with E-state index >= 15 is 0 Å². The Hall–Kier alpha value is -2.21. The molecule has 1 aliphatic heterocycles. The van der Waals surface area contributed by atoms with E-state index in [1.165, 1.54) is 6.92 Å². The molecule has 0 spiro atoms. The molecule has 112 valence electrons. The van der Waals surface area contributed by atoms with Crippen molar-refractivity contribution in [1.82, 2.24) is 5.32 Å². The van der Waals surface area contributed by atoms with Crippen LogP contribution >= 0.6 is 0 Å². The third-order valence-corrected chi connectivity index (χ3v) is 3.16. The Balaban J connectivity index is 2.33. The van der Waals surface area contributed by atoms with E-state index in [-0.39, 0.29) is 17.4 Å². The van der Waals surface area contributed by atoms with Crippen LogP contribution in [0, 0.1) is 0 Å². The fourth-order valence-electron chi connectivity index (χ4n) is 2.12. The number of Topliss-reactive ketones (excluding diaryl/α,β-unsaturated/α-hetero) is 1. The van der Waals surface area contributed by atoms with Crippen LogP contribution < -0.4 is 10.1 Å². The van der Waals surface area contributed by atoms with Gasteiger partial charge in [-0.3, -0.25) is 14.6 Å². The zero-order valence-corrected chi connectivity index (χ0v) is 12.3. The maximum absolute atomic E-state index is 12.2. The van der Waals surface area contributed by atoms with Crippen LogP contribution in [0.25, 0.3) is 0 Å². The summed E-state index contributed by atoms with van der Waals surface area (Å²) in [5.41, 5.74) is 0.930. The number of amides is 1.